The third-order valence-electron chi connectivity index (χ3n) is 0.346. The van der Waals surface area contributed by atoms with Crippen molar-refractivity contribution >= 4 is 80.8 Å². The molecule has 0 aromatic heterocycles. The minimum absolute atomic E-state index is 0. The molecule has 0 rings (SSSR count). The van der Waals surface area contributed by atoms with Gasteiger partial charge in [-0.3, -0.25) is 0 Å². The largest absolute Gasteiger partial charge is 3.00 e. The van der Waals surface area contributed by atoms with Crippen molar-refractivity contribution in [2.24, 2.45) is 0 Å². The van der Waals surface area contributed by atoms with Crippen LogP contribution in [0.5, 0.6) is 0 Å². The van der Waals surface area contributed by atoms with Crippen LogP contribution < -0.4 is 0 Å². The molecule has 0 bridgehead atoms. The summed E-state index contributed by atoms with van der Waals surface area (Å²) < 4.78 is 0. The first-order valence-corrected chi connectivity index (χ1v) is 19.4. The Labute approximate surface area is 160 Å². The van der Waals surface area contributed by atoms with Crippen LogP contribution in [0.25, 0.3) is 0 Å². The van der Waals surface area contributed by atoms with E-state index in [0.717, 1.165) is 25.6 Å². The molecular weight excluding hydrogens is 609 g/mol. The minimum Gasteiger partial charge on any atom is 3.00 e. The maximum absolute atomic E-state index is 8.21. The molecule has 6 nitrogen and oxygen atoms in total. The van der Waals surface area contributed by atoms with E-state index in [4.69, 9.17) is 31.6 Å². The Bertz CT molecular complexity index is 369. The van der Waals surface area contributed by atoms with Crippen molar-refractivity contribution in [3.05, 3.63) is 0 Å². The van der Waals surface area contributed by atoms with Crippen molar-refractivity contribution in [2.75, 3.05) is 0 Å². The van der Waals surface area contributed by atoms with Gasteiger partial charge < -0.3 is 37.9 Å². The molecule has 0 aromatic carbocycles. The van der Waals surface area contributed by atoms with Crippen LogP contribution in [-0.4, -0.2) is 17.4 Å². The van der Waals surface area contributed by atoms with E-state index in [9.17, 15) is 0 Å². The molecule has 0 N–H and O–H groups in total. The van der Waals surface area contributed by atoms with Crippen molar-refractivity contribution in [3.8, 4) is 32.4 Å². The zero-order valence-electron chi connectivity index (χ0n) is 8.99. The Balaban J connectivity index is -0.0000000626. The van der Waals surface area contributed by atoms with Crippen molar-refractivity contribution in [2.45, 2.75) is 0 Å². The van der Waals surface area contributed by atoms with Gasteiger partial charge in [0, 0.05) is 0 Å². The number of nitrogens with zero attached hydrogens (tertiary/aromatic N) is 6. The SMILES string of the molecule is N#C[S-].N#C[S-].N#C[S-].N#C[S][Bi]([S]C#N)[S]C#N.[Cr+3]. The van der Waals surface area contributed by atoms with E-state index in [0.29, 0.717) is 0 Å². The fraction of sp³-hybridized carbons (Fsp3) is 0. The maximum atomic E-state index is 8.21. The third kappa shape index (κ3) is 64.0. The van der Waals surface area contributed by atoms with Gasteiger partial charge in [-0.15, -0.1) is 0 Å². The third-order valence-corrected chi connectivity index (χ3v) is 20.9. The molecular formula is C6BiCrN6S6. The zero-order chi connectivity index (χ0) is 15.9. The molecule has 101 valence electrons. The summed E-state index contributed by atoms with van der Waals surface area (Å²) in [4.78, 5) is 0. The topological polar surface area (TPSA) is 143 Å². The average molecular weight is 609 g/mol. The zero-order valence-corrected chi connectivity index (χ0v) is 18.6. The van der Waals surface area contributed by atoms with Gasteiger partial charge in [0.25, 0.3) is 0 Å². The van der Waals surface area contributed by atoms with Gasteiger partial charge in [-0.05, 0) is 0 Å². The summed E-state index contributed by atoms with van der Waals surface area (Å²) in [6.07, 6.45) is 0. The molecule has 0 aromatic rings. The Morgan fingerprint density at radius 3 is 0.850 bits per heavy atom. The van der Waals surface area contributed by atoms with Crippen LogP contribution in [-0.2, 0) is 55.2 Å². The van der Waals surface area contributed by atoms with Gasteiger partial charge in [-0.1, -0.05) is 16.2 Å². The standard InChI is InChI=1S/6CHNS.Bi.Cr/c6*2-1-3;;/h6*3H;;/q;;;;;;2*+3/p-6. The van der Waals surface area contributed by atoms with Crippen molar-refractivity contribution in [1.29, 1.82) is 31.6 Å². The van der Waals surface area contributed by atoms with Crippen LogP contribution in [0.3, 0.4) is 0 Å². The second kappa shape index (κ2) is 42.7. The van der Waals surface area contributed by atoms with Crippen LogP contribution in [0.2, 0.25) is 0 Å². The van der Waals surface area contributed by atoms with Crippen LogP contribution in [0.1, 0.15) is 0 Å². The first-order valence-electron chi connectivity index (χ1n) is 3.11. The van der Waals surface area contributed by atoms with Gasteiger partial charge in [-0.25, -0.2) is 15.8 Å². The second-order valence-electron chi connectivity index (χ2n) is 1.05. The molecule has 0 spiro atoms. The minimum atomic E-state index is -2.16. The molecule has 0 aliphatic carbocycles. The molecule has 20 heavy (non-hydrogen) atoms. The van der Waals surface area contributed by atoms with Crippen LogP contribution >= 0.6 is 25.6 Å². The molecule has 0 fully saturated rings. The van der Waals surface area contributed by atoms with E-state index < -0.39 is 17.4 Å². The number of hydrogen-bond donors (Lipinski definition) is 0. The molecule has 14 heteroatoms. The van der Waals surface area contributed by atoms with E-state index in [-0.39, 0.29) is 17.4 Å². The molecule has 0 atom stereocenters. The smallest absolute Gasteiger partial charge is 3.00 e. The van der Waals surface area contributed by atoms with E-state index in [1.165, 1.54) is 16.2 Å². The van der Waals surface area contributed by atoms with Gasteiger partial charge in [-0.2, -0.15) is 0 Å². The number of rotatable bonds is 3. The number of hydrogen-bond acceptors (Lipinski definition) is 12. The molecule has 0 heterocycles. The first-order chi connectivity index (χ1) is 9.09. The molecule has 0 aliphatic rings. The first kappa shape index (κ1) is 32.1. The van der Waals surface area contributed by atoms with E-state index in [2.05, 4.69) is 37.9 Å². The number of nitriles is 6. The quantitative estimate of drug-likeness (QED) is 0.261. The monoisotopic (exact) mass is 609 g/mol. The fourth-order valence-electron chi connectivity index (χ4n) is 0.156. The van der Waals surface area contributed by atoms with E-state index >= 15 is 0 Å². The summed E-state index contributed by atoms with van der Waals surface area (Å²) >= 11 is 8.94. The van der Waals surface area contributed by atoms with Crippen molar-refractivity contribution in [3.63, 3.8) is 0 Å². The van der Waals surface area contributed by atoms with Gasteiger partial charge >= 0.3 is 92.3 Å². The summed E-state index contributed by atoms with van der Waals surface area (Å²) in [5.74, 6) is 0. The molecule has 1 radical (unpaired) electrons. The van der Waals surface area contributed by atoms with Crippen molar-refractivity contribution in [1.82, 2.24) is 0 Å². The molecule has 0 saturated carbocycles. The molecule has 0 amide bonds. The Morgan fingerprint density at radius 1 is 0.600 bits per heavy atom. The molecule has 0 saturated heterocycles. The predicted molar refractivity (Wildman–Crippen MR) is 84.3 cm³/mol. The van der Waals surface area contributed by atoms with Gasteiger partial charge in [0.1, 0.15) is 0 Å². The Morgan fingerprint density at radius 2 is 0.750 bits per heavy atom. The van der Waals surface area contributed by atoms with E-state index in [1.54, 1.807) is 0 Å². The Kier molecular flexibility index (Phi) is 68.7. The van der Waals surface area contributed by atoms with Crippen molar-refractivity contribution < 1.29 is 17.4 Å². The molecule has 0 unspecified atom stereocenters. The summed E-state index contributed by atoms with van der Waals surface area (Å²) in [5, 5.41) is 55.7. The fourth-order valence-corrected chi connectivity index (χ4v) is 12.3. The normalized spacial score (nSPS) is 4.95. The second-order valence-corrected chi connectivity index (χ2v) is 26.5. The molecule has 0 aliphatic heterocycles. The summed E-state index contributed by atoms with van der Waals surface area (Å²) in [6.45, 7) is 0. The van der Waals surface area contributed by atoms with Gasteiger partial charge in [0.2, 0.25) is 0 Å². The summed E-state index contributed by atoms with van der Waals surface area (Å²) in [6, 6.07) is 0. The van der Waals surface area contributed by atoms with Gasteiger partial charge in [0.15, 0.2) is 0 Å². The van der Waals surface area contributed by atoms with Crippen LogP contribution in [0, 0.1) is 64.0 Å². The maximum Gasteiger partial charge on any atom is 3.00 e. The summed E-state index contributed by atoms with van der Waals surface area (Å²) in [5.41, 5.74) is 0. The average Bonchev–Trinajstić information content (AvgIpc) is 2.33. The van der Waals surface area contributed by atoms with Crippen LogP contribution in [0.4, 0.5) is 0 Å². The summed E-state index contributed by atoms with van der Waals surface area (Å²) in [7, 11) is 3.35. The number of thiocyanates is 6. The van der Waals surface area contributed by atoms with Crippen LogP contribution in [0.15, 0.2) is 0 Å². The Hall–Kier alpha value is 0.0656. The predicted octanol–water partition coefficient (Wildman–Crippen LogP) is 1.65. The van der Waals surface area contributed by atoms with E-state index in [1.807, 2.05) is 16.2 Å². The van der Waals surface area contributed by atoms with Gasteiger partial charge in [0.05, 0.1) is 0 Å².